The number of carbonyl (C=O) groups excluding carboxylic acids is 2. The predicted octanol–water partition coefficient (Wildman–Crippen LogP) is 4.64. The lowest BCUT2D eigenvalue weighted by atomic mass is 9.85. The summed E-state index contributed by atoms with van der Waals surface area (Å²) in [6, 6.07) is 8.15. The third kappa shape index (κ3) is 4.08. The minimum Gasteiger partial charge on any atom is -0.493 e. The minimum absolute atomic E-state index is 0.117. The van der Waals surface area contributed by atoms with Gasteiger partial charge in [0.1, 0.15) is 6.61 Å². The Labute approximate surface area is 217 Å². The maximum absolute atomic E-state index is 12.9. The summed E-state index contributed by atoms with van der Waals surface area (Å²) >= 11 is 7.03. The number of halogens is 2. The quantitative estimate of drug-likeness (QED) is 0.281. The molecule has 5 rings (SSSR count). The molecule has 0 spiro atoms. The van der Waals surface area contributed by atoms with E-state index in [2.05, 4.69) is 37.0 Å². The van der Waals surface area contributed by atoms with E-state index in [1.807, 2.05) is 12.2 Å². The van der Waals surface area contributed by atoms with Crippen molar-refractivity contribution < 1.29 is 29.0 Å². The average Bonchev–Trinajstić information content (AvgIpc) is 3.53. The second kappa shape index (κ2) is 9.23. The van der Waals surface area contributed by atoms with Crippen molar-refractivity contribution in [2.45, 2.75) is 13.0 Å². The molecule has 10 heteroatoms. The van der Waals surface area contributed by atoms with Gasteiger partial charge in [0, 0.05) is 10.0 Å². The van der Waals surface area contributed by atoms with Gasteiger partial charge in [-0.05, 0) is 73.9 Å². The summed E-state index contributed by atoms with van der Waals surface area (Å²) in [5.74, 6) is -1.09. The Morgan fingerprint density at radius 1 is 1.14 bits per heavy atom. The molecule has 2 fully saturated rings. The molecule has 180 valence electrons. The van der Waals surface area contributed by atoms with Crippen molar-refractivity contribution >= 4 is 55.9 Å². The Morgan fingerprint density at radius 2 is 1.83 bits per heavy atom. The van der Waals surface area contributed by atoms with E-state index in [0.717, 1.165) is 11.4 Å². The van der Waals surface area contributed by atoms with Crippen molar-refractivity contribution in [1.82, 2.24) is 5.01 Å². The predicted molar refractivity (Wildman–Crippen MR) is 133 cm³/mol. The number of carboxylic acid groups (broad SMARTS) is 1. The molecule has 35 heavy (non-hydrogen) atoms. The van der Waals surface area contributed by atoms with E-state index >= 15 is 0 Å². The van der Waals surface area contributed by atoms with Gasteiger partial charge >= 0.3 is 5.97 Å². The first kappa shape index (κ1) is 23.7. The molecule has 0 aromatic heterocycles. The molecule has 4 atom stereocenters. The Hall–Kier alpha value is -2.98. The fourth-order valence-electron chi connectivity index (χ4n) is 5.05. The first-order chi connectivity index (χ1) is 16.8. The fourth-order valence-corrected chi connectivity index (χ4v) is 5.99. The van der Waals surface area contributed by atoms with Crippen LogP contribution in [0.3, 0.4) is 0 Å². The number of methoxy groups -OCH3 is 1. The lowest BCUT2D eigenvalue weighted by Crippen LogP contribution is -2.28. The highest BCUT2D eigenvalue weighted by atomic mass is 79.9. The molecule has 0 unspecified atom stereocenters. The maximum Gasteiger partial charge on any atom is 0.335 e. The zero-order chi connectivity index (χ0) is 24.9. The van der Waals surface area contributed by atoms with Gasteiger partial charge in [0.15, 0.2) is 11.5 Å². The van der Waals surface area contributed by atoms with Crippen LogP contribution < -0.4 is 9.47 Å². The number of hydrogen-bond donors (Lipinski definition) is 1. The molecule has 0 radical (unpaired) electrons. The Balaban J connectivity index is 1.37. The smallest absolute Gasteiger partial charge is 0.335 e. The Bertz CT molecular complexity index is 1280. The molecule has 1 saturated heterocycles. The first-order valence-electron chi connectivity index (χ1n) is 10.9. The third-order valence-corrected chi connectivity index (χ3v) is 8.84. The van der Waals surface area contributed by atoms with Crippen LogP contribution >= 0.6 is 31.9 Å². The summed E-state index contributed by atoms with van der Waals surface area (Å²) in [7, 11) is 1.49. The van der Waals surface area contributed by atoms with Crippen LogP contribution in [0.4, 0.5) is 0 Å². The van der Waals surface area contributed by atoms with Gasteiger partial charge in [0.05, 0.1) is 35.2 Å². The number of hydrazone groups is 1. The molecule has 1 aliphatic heterocycles. The van der Waals surface area contributed by atoms with E-state index in [-0.39, 0.29) is 47.7 Å². The number of imide groups is 1. The van der Waals surface area contributed by atoms with Gasteiger partial charge in [-0.2, -0.15) is 10.1 Å². The van der Waals surface area contributed by atoms with E-state index in [0.29, 0.717) is 31.6 Å². The maximum atomic E-state index is 12.9. The first-order valence-corrected chi connectivity index (χ1v) is 12.5. The summed E-state index contributed by atoms with van der Waals surface area (Å²) in [5.41, 5.74) is 1.43. The molecule has 3 aliphatic rings. The number of rotatable bonds is 7. The van der Waals surface area contributed by atoms with Crippen LogP contribution in [0.5, 0.6) is 11.5 Å². The summed E-state index contributed by atoms with van der Waals surface area (Å²) < 4.78 is 12.6. The third-order valence-electron chi connectivity index (χ3n) is 6.69. The van der Waals surface area contributed by atoms with Crippen LogP contribution in [0, 0.1) is 23.7 Å². The van der Waals surface area contributed by atoms with Crippen LogP contribution in [-0.4, -0.2) is 41.2 Å². The number of nitrogens with zero attached hydrogens (tertiary/aromatic N) is 2. The highest BCUT2D eigenvalue weighted by Crippen LogP contribution is 2.52. The van der Waals surface area contributed by atoms with E-state index in [9.17, 15) is 19.5 Å². The second-order valence-electron chi connectivity index (χ2n) is 8.65. The number of fused-ring (bicyclic) bond motifs is 5. The Kier molecular flexibility index (Phi) is 6.27. The van der Waals surface area contributed by atoms with Crippen molar-refractivity contribution in [3.8, 4) is 11.5 Å². The zero-order valence-electron chi connectivity index (χ0n) is 18.5. The van der Waals surface area contributed by atoms with E-state index in [1.54, 1.807) is 24.3 Å². The molecule has 2 aromatic rings. The van der Waals surface area contributed by atoms with Gasteiger partial charge < -0.3 is 14.6 Å². The van der Waals surface area contributed by atoms with E-state index in [1.165, 1.54) is 19.4 Å². The van der Waals surface area contributed by atoms with E-state index in [4.69, 9.17) is 9.47 Å². The number of amides is 2. The molecular weight excluding hydrogens is 584 g/mol. The number of benzene rings is 2. The van der Waals surface area contributed by atoms with Gasteiger partial charge in [0.2, 0.25) is 0 Å². The monoisotopic (exact) mass is 602 g/mol. The number of aromatic carboxylic acids is 1. The van der Waals surface area contributed by atoms with Gasteiger partial charge in [-0.1, -0.05) is 24.3 Å². The number of hydrogen-bond acceptors (Lipinski definition) is 6. The minimum atomic E-state index is -1.01. The van der Waals surface area contributed by atoms with Gasteiger partial charge in [-0.25, -0.2) is 4.79 Å². The lowest BCUT2D eigenvalue weighted by Gasteiger charge is -2.16. The number of allylic oxidation sites excluding steroid dienone is 2. The van der Waals surface area contributed by atoms with Crippen molar-refractivity contribution in [1.29, 1.82) is 0 Å². The van der Waals surface area contributed by atoms with Crippen LogP contribution in [-0.2, 0) is 16.2 Å². The standard InChI is InChI=1S/C25H20Br2N2O6/c1-34-17-9-16(10-28-29-23(30)18-13-5-6-14(8-13)19(18)24(29)31)20(26)21(27)22(17)35-11-12-3-2-4-15(7-12)25(32)33/h2-7,9-10,13-14,18-19H,8,11H2,1H3,(H,32,33)/t13-,14-,18-,19+/m0/s1. The highest BCUT2D eigenvalue weighted by molar-refractivity contribution is 9.13. The second-order valence-corrected chi connectivity index (χ2v) is 10.2. The molecule has 1 N–H and O–H groups in total. The van der Waals surface area contributed by atoms with Gasteiger partial charge in [-0.15, -0.1) is 0 Å². The summed E-state index contributed by atoms with van der Waals surface area (Å²) in [6.07, 6.45) is 6.39. The van der Waals surface area contributed by atoms with Crippen LogP contribution in [0.2, 0.25) is 0 Å². The van der Waals surface area contributed by atoms with Crippen molar-refractivity contribution in [2.24, 2.45) is 28.8 Å². The van der Waals surface area contributed by atoms with Crippen LogP contribution in [0.25, 0.3) is 0 Å². The van der Waals surface area contributed by atoms with Crippen LogP contribution in [0.1, 0.15) is 27.9 Å². The average molecular weight is 604 g/mol. The topological polar surface area (TPSA) is 106 Å². The fraction of sp³-hybridized carbons (Fsp3) is 0.280. The number of carboxylic acids is 1. The van der Waals surface area contributed by atoms with Crippen molar-refractivity contribution in [3.05, 3.63) is 68.1 Å². The molecular formula is C25H20Br2N2O6. The van der Waals surface area contributed by atoms with Gasteiger partial charge in [0.25, 0.3) is 11.8 Å². The molecule has 2 bridgehead atoms. The highest BCUT2D eigenvalue weighted by Gasteiger charge is 2.59. The molecule has 8 nitrogen and oxygen atoms in total. The summed E-state index contributed by atoms with van der Waals surface area (Å²) in [6.45, 7) is 0.117. The SMILES string of the molecule is COc1cc(C=NN2C(=O)[C@@H]3[C@H](C2=O)[C@H]2C=C[C@H]3C2)c(Br)c(Br)c1OCc1cccc(C(=O)O)c1. The Morgan fingerprint density at radius 3 is 2.46 bits per heavy atom. The van der Waals surface area contributed by atoms with Crippen LogP contribution in [0.15, 0.2) is 56.5 Å². The number of ether oxygens (including phenoxy) is 2. The summed E-state index contributed by atoms with van der Waals surface area (Å²) in [4.78, 5) is 37.0. The summed E-state index contributed by atoms with van der Waals surface area (Å²) in [5, 5.41) is 14.4. The van der Waals surface area contributed by atoms with Crippen molar-refractivity contribution in [3.63, 3.8) is 0 Å². The number of carbonyl (C=O) groups is 3. The molecule has 1 heterocycles. The molecule has 2 amide bonds. The molecule has 2 aliphatic carbocycles. The normalized spacial score (nSPS) is 24.5. The largest absolute Gasteiger partial charge is 0.493 e. The van der Waals surface area contributed by atoms with Crippen molar-refractivity contribution in [2.75, 3.05) is 7.11 Å². The zero-order valence-corrected chi connectivity index (χ0v) is 21.7. The van der Waals surface area contributed by atoms with E-state index < -0.39 is 5.97 Å². The van der Waals surface area contributed by atoms with Gasteiger partial charge in [-0.3, -0.25) is 9.59 Å². The molecule has 1 saturated carbocycles. The molecule has 2 aromatic carbocycles. The lowest BCUT2D eigenvalue weighted by molar-refractivity contribution is -0.140.